The second kappa shape index (κ2) is 5.51. The summed E-state index contributed by atoms with van der Waals surface area (Å²) in [5.41, 5.74) is 1.20. The Morgan fingerprint density at radius 3 is 2.67 bits per heavy atom. The van der Waals surface area contributed by atoms with E-state index < -0.39 is 0 Å². The second-order valence-corrected chi connectivity index (χ2v) is 3.53. The molecule has 1 heterocycles. The monoisotopic (exact) mass is 238 g/mol. The highest BCUT2D eigenvalue weighted by Gasteiger charge is 1.98. The Balaban J connectivity index is 1.97. The molecule has 0 saturated carbocycles. The molecule has 1 aromatic carbocycles. The largest absolute Gasteiger partial charge is 0.465 e. The third-order valence-corrected chi connectivity index (χ3v) is 2.22. The molecular formula is C14H10N2O2. The van der Waals surface area contributed by atoms with Crippen molar-refractivity contribution in [2.24, 2.45) is 0 Å². The molecule has 0 radical (unpaired) electrons. The van der Waals surface area contributed by atoms with Gasteiger partial charge in [-0.15, -0.1) is 0 Å². The van der Waals surface area contributed by atoms with Crippen LogP contribution in [0, 0.1) is 11.3 Å². The van der Waals surface area contributed by atoms with Crippen molar-refractivity contribution in [3.63, 3.8) is 0 Å². The number of amides is 1. The number of benzene rings is 1. The standard InChI is InChI=1S/C14H10N2O2/c15-10-11-3-5-12(6-4-11)16-14(17)8-7-13-2-1-9-18-13/h1-9H,(H,16,17)/b8-7+. The molecule has 4 nitrogen and oxygen atoms in total. The van der Waals surface area contributed by atoms with Gasteiger partial charge < -0.3 is 9.73 Å². The lowest BCUT2D eigenvalue weighted by Gasteiger charge is -2.01. The van der Waals surface area contributed by atoms with Gasteiger partial charge in [-0.1, -0.05) is 0 Å². The minimum atomic E-state index is -0.254. The van der Waals surface area contributed by atoms with Crippen molar-refractivity contribution < 1.29 is 9.21 Å². The summed E-state index contributed by atoms with van der Waals surface area (Å²) in [4.78, 5) is 11.6. The van der Waals surface area contributed by atoms with E-state index in [9.17, 15) is 4.79 Å². The van der Waals surface area contributed by atoms with E-state index in [2.05, 4.69) is 5.32 Å². The maximum absolute atomic E-state index is 11.6. The number of nitrogens with one attached hydrogen (secondary N) is 1. The van der Waals surface area contributed by atoms with E-state index in [-0.39, 0.29) is 5.91 Å². The van der Waals surface area contributed by atoms with E-state index in [0.29, 0.717) is 17.0 Å². The van der Waals surface area contributed by atoms with E-state index in [0.717, 1.165) is 0 Å². The van der Waals surface area contributed by atoms with Crippen LogP contribution < -0.4 is 5.32 Å². The third kappa shape index (κ3) is 3.09. The molecule has 0 bridgehead atoms. The number of carbonyl (C=O) groups excluding carboxylic acids is 1. The van der Waals surface area contributed by atoms with E-state index in [4.69, 9.17) is 9.68 Å². The molecule has 0 atom stereocenters. The lowest BCUT2D eigenvalue weighted by atomic mass is 10.2. The topological polar surface area (TPSA) is 66.0 Å². The summed E-state index contributed by atoms with van der Waals surface area (Å²) in [6.45, 7) is 0. The highest BCUT2D eigenvalue weighted by Crippen LogP contribution is 2.09. The molecule has 1 N–H and O–H groups in total. The van der Waals surface area contributed by atoms with Crippen LogP contribution in [-0.4, -0.2) is 5.91 Å². The molecule has 0 aliphatic rings. The quantitative estimate of drug-likeness (QED) is 0.836. The maximum Gasteiger partial charge on any atom is 0.248 e. The zero-order valence-corrected chi connectivity index (χ0v) is 9.46. The first-order valence-electron chi connectivity index (χ1n) is 5.30. The maximum atomic E-state index is 11.6. The molecule has 18 heavy (non-hydrogen) atoms. The van der Waals surface area contributed by atoms with Gasteiger partial charge in [0.25, 0.3) is 0 Å². The summed E-state index contributed by atoms with van der Waals surface area (Å²) in [6, 6.07) is 12.2. The van der Waals surface area contributed by atoms with Crippen molar-refractivity contribution in [1.82, 2.24) is 0 Å². The van der Waals surface area contributed by atoms with Crippen LogP contribution in [0.3, 0.4) is 0 Å². The van der Waals surface area contributed by atoms with Crippen LogP contribution in [0.4, 0.5) is 5.69 Å². The molecule has 4 heteroatoms. The first-order valence-corrected chi connectivity index (χ1v) is 5.30. The van der Waals surface area contributed by atoms with Crippen LogP contribution in [0.15, 0.2) is 53.2 Å². The predicted octanol–water partition coefficient (Wildman–Crippen LogP) is 2.80. The molecule has 0 aliphatic heterocycles. The number of anilines is 1. The van der Waals surface area contributed by atoms with Crippen molar-refractivity contribution in [3.8, 4) is 6.07 Å². The molecule has 0 saturated heterocycles. The Morgan fingerprint density at radius 2 is 2.06 bits per heavy atom. The van der Waals surface area contributed by atoms with E-state index in [1.807, 2.05) is 6.07 Å². The number of hydrogen-bond acceptors (Lipinski definition) is 3. The van der Waals surface area contributed by atoms with Crippen LogP contribution in [0.25, 0.3) is 6.08 Å². The molecule has 88 valence electrons. The van der Waals surface area contributed by atoms with Gasteiger partial charge in [0, 0.05) is 11.8 Å². The zero-order valence-electron chi connectivity index (χ0n) is 9.46. The van der Waals surface area contributed by atoms with Crippen LogP contribution in [0.1, 0.15) is 11.3 Å². The fraction of sp³-hybridized carbons (Fsp3) is 0. The molecule has 0 spiro atoms. The Labute approximate surface area is 104 Å². The van der Waals surface area contributed by atoms with Crippen molar-refractivity contribution >= 4 is 17.7 Å². The Kier molecular flexibility index (Phi) is 3.57. The second-order valence-electron chi connectivity index (χ2n) is 3.53. The van der Waals surface area contributed by atoms with Gasteiger partial charge in [-0.25, -0.2) is 0 Å². The van der Waals surface area contributed by atoms with Gasteiger partial charge >= 0.3 is 0 Å². The lowest BCUT2D eigenvalue weighted by molar-refractivity contribution is -0.111. The molecular weight excluding hydrogens is 228 g/mol. The highest BCUT2D eigenvalue weighted by atomic mass is 16.3. The fourth-order valence-electron chi connectivity index (χ4n) is 1.36. The Bertz CT molecular complexity index is 590. The summed E-state index contributed by atoms with van der Waals surface area (Å²) in [5.74, 6) is 0.362. The SMILES string of the molecule is N#Cc1ccc(NC(=O)/C=C/c2ccco2)cc1. The van der Waals surface area contributed by atoms with Gasteiger partial charge in [-0.2, -0.15) is 5.26 Å². The van der Waals surface area contributed by atoms with Crippen molar-refractivity contribution in [2.45, 2.75) is 0 Å². The van der Waals surface area contributed by atoms with Crippen LogP contribution in [0.2, 0.25) is 0 Å². The lowest BCUT2D eigenvalue weighted by Crippen LogP contribution is -2.07. The predicted molar refractivity (Wildman–Crippen MR) is 67.5 cm³/mol. The van der Waals surface area contributed by atoms with Crippen molar-refractivity contribution in [1.29, 1.82) is 5.26 Å². The van der Waals surface area contributed by atoms with Crippen LogP contribution in [-0.2, 0) is 4.79 Å². The molecule has 1 aromatic heterocycles. The normalized spacial score (nSPS) is 10.2. The summed E-state index contributed by atoms with van der Waals surface area (Å²) in [7, 11) is 0. The summed E-state index contributed by atoms with van der Waals surface area (Å²) in [6.07, 6.45) is 4.51. The fourth-order valence-corrected chi connectivity index (χ4v) is 1.36. The first-order chi connectivity index (χ1) is 8.78. The van der Waals surface area contributed by atoms with Gasteiger partial charge in [0.1, 0.15) is 5.76 Å². The smallest absolute Gasteiger partial charge is 0.248 e. The van der Waals surface area contributed by atoms with Gasteiger partial charge in [0.05, 0.1) is 17.9 Å². The minimum Gasteiger partial charge on any atom is -0.465 e. The average molecular weight is 238 g/mol. The van der Waals surface area contributed by atoms with E-state index in [1.54, 1.807) is 42.5 Å². The summed E-state index contributed by atoms with van der Waals surface area (Å²) >= 11 is 0. The molecule has 0 unspecified atom stereocenters. The Hall–Kier alpha value is -2.80. The highest BCUT2D eigenvalue weighted by molar-refractivity contribution is 6.01. The molecule has 2 aromatic rings. The van der Waals surface area contributed by atoms with Crippen LogP contribution in [0.5, 0.6) is 0 Å². The number of rotatable bonds is 3. The van der Waals surface area contributed by atoms with E-state index >= 15 is 0 Å². The number of carbonyl (C=O) groups is 1. The third-order valence-electron chi connectivity index (χ3n) is 2.22. The van der Waals surface area contributed by atoms with E-state index in [1.165, 1.54) is 12.3 Å². The van der Waals surface area contributed by atoms with Gasteiger partial charge in [0.15, 0.2) is 0 Å². The Morgan fingerprint density at radius 1 is 1.28 bits per heavy atom. The molecule has 1 amide bonds. The molecule has 0 aliphatic carbocycles. The van der Waals surface area contributed by atoms with Gasteiger partial charge in [-0.3, -0.25) is 4.79 Å². The summed E-state index contributed by atoms with van der Waals surface area (Å²) in [5, 5.41) is 11.3. The number of nitrogens with zero attached hydrogens (tertiary/aromatic N) is 1. The van der Waals surface area contributed by atoms with Gasteiger partial charge in [-0.05, 0) is 42.5 Å². The number of nitriles is 1. The average Bonchev–Trinajstić information content (AvgIpc) is 2.90. The molecule has 2 rings (SSSR count). The van der Waals surface area contributed by atoms with Crippen molar-refractivity contribution in [3.05, 3.63) is 60.1 Å². The van der Waals surface area contributed by atoms with Crippen LogP contribution >= 0.6 is 0 Å². The first kappa shape index (κ1) is 11.7. The minimum absolute atomic E-state index is 0.254. The van der Waals surface area contributed by atoms with Gasteiger partial charge in [0.2, 0.25) is 5.91 Å². The summed E-state index contributed by atoms with van der Waals surface area (Å²) < 4.78 is 5.06. The molecule has 0 fully saturated rings. The number of furan rings is 1. The number of hydrogen-bond donors (Lipinski definition) is 1. The van der Waals surface area contributed by atoms with Crippen molar-refractivity contribution in [2.75, 3.05) is 5.32 Å². The zero-order chi connectivity index (χ0) is 12.8.